The Morgan fingerprint density at radius 1 is 1.06 bits per heavy atom. The molecule has 8 nitrogen and oxygen atoms in total. The molecule has 0 unspecified atom stereocenters. The summed E-state index contributed by atoms with van der Waals surface area (Å²) in [5.41, 5.74) is 9.41. The molecular weight excluding hydrogens is 454 g/mol. The molecule has 3 N–H and O–H groups in total. The molecule has 2 amide bonds. The maximum Gasteiger partial charge on any atom is 0.410 e. The van der Waals surface area contributed by atoms with Gasteiger partial charge in [-0.15, -0.1) is 0 Å². The Labute approximate surface area is 211 Å². The Kier molecular flexibility index (Phi) is 6.20. The summed E-state index contributed by atoms with van der Waals surface area (Å²) in [6.07, 6.45) is 3.88. The number of nitrogen functional groups attached to an aromatic ring is 1. The summed E-state index contributed by atoms with van der Waals surface area (Å²) < 4.78 is 5.54. The van der Waals surface area contributed by atoms with Gasteiger partial charge in [0.1, 0.15) is 11.3 Å². The third kappa shape index (κ3) is 5.08. The van der Waals surface area contributed by atoms with E-state index >= 15 is 0 Å². The van der Waals surface area contributed by atoms with Crippen LogP contribution in [-0.4, -0.2) is 53.7 Å². The number of nitrogens with one attached hydrogen (secondary N) is 1. The van der Waals surface area contributed by atoms with Crippen LogP contribution >= 0.6 is 0 Å². The van der Waals surface area contributed by atoms with Crippen LogP contribution in [0.15, 0.2) is 48.7 Å². The van der Waals surface area contributed by atoms with Gasteiger partial charge in [0.05, 0.1) is 11.4 Å². The standard InChI is InChI=1S/C28H33N5O3/c1-28(2,3)36-27(35)33-14-12-32(13-15-33)24-11-10-19-16-23(30-17-20(19)25(24)18-8-9-18)26(34)31-22-7-5-4-6-21(22)29/h4-7,10-11,16-18H,8-9,12-15,29H2,1-3H3,(H,31,34). The number of fused-ring (bicyclic) bond motifs is 1. The monoisotopic (exact) mass is 487 g/mol. The first-order chi connectivity index (χ1) is 17.2. The molecule has 2 aromatic carbocycles. The summed E-state index contributed by atoms with van der Waals surface area (Å²) in [5, 5.41) is 4.93. The van der Waals surface area contributed by atoms with E-state index < -0.39 is 5.60 Å². The first-order valence-electron chi connectivity index (χ1n) is 12.5. The van der Waals surface area contributed by atoms with E-state index in [4.69, 9.17) is 10.5 Å². The highest BCUT2D eigenvalue weighted by Gasteiger charge is 2.32. The number of benzene rings is 2. The summed E-state index contributed by atoms with van der Waals surface area (Å²) in [6, 6.07) is 13.2. The van der Waals surface area contributed by atoms with Crippen LogP contribution in [0.25, 0.3) is 10.8 Å². The van der Waals surface area contributed by atoms with Gasteiger partial charge < -0.3 is 25.6 Å². The average molecular weight is 488 g/mol. The van der Waals surface area contributed by atoms with Gasteiger partial charge in [0.15, 0.2) is 0 Å². The summed E-state index contributed by atoms with van der Waals surface area (Å²) in [4.78, 5) is 34.0. The van der Waals surface area contributed by atoms with Crippen molar-refractivity contribution in [3.63, 3.8) is 0 Å². The van der Waals surface area contributed by atoms with Crippen molar-refractivity contribution in [1.29, 1.82) is 0 Å². The maximum absolute atomic E-state index is 12.8. The first-order valence-corrected chi connectivity index (χ1v) is 12.5. The van der Waals surface area contributed by atoms with Crippen molar-refractivity contribution in [3.05, 3.63) is 59.9 Å². The van der Waals surface area contributed by atoms with E-state index in [1.807, 2.05) is 45.2 Å². The van der Waals surface area contributed by atoms with Crippen molar-refractivity contribution in [2.24, 2.45) is 0 Å². The van der Waals surface area contributed by atoms with E-state index in [0.29, 0.717) is 36.1 Å². The molecule has 1 aliphatic carbocycles. The van der Waals surface area contributed by atoms with Gasteiger partial charge >= 0.3 is 6.09 Å². The third-order valence-corrected chi connectivity index (χ3v) is 6.62. The van der Waals surface area contributed by atoms with Gasteiger partial charge in [0, 0.05) is 43.4 Å². The molecule has 36 heavy (non-hydrogen) atoms. The summed E-state index contributed by atoms with van der Waals surface area (Å²) in [7, 11) is 0. The molecule has 0 bridgehead atoms. The van der Waals surface area contributed by atoms with Gasteiger partial charge in [-0.2, -0.15) is 0 Å². The zero-order valence-corrected chi connectivity index (χ0v) is 21.1. The van der Waals surface area contributed by atoms with E-state index in [2.05, 4.69) is 27.3 Å². The average Bonchev–Trinajstić information content (AvgIpc) is 3.69. The van der Waals surface area contributed by atoms with Crippen molar-refractivity contribution < 1.29 is 14.3 Å². The highest BCUT2D eigenvalue weighted by molar-refractivity contribution is 6.06. The lowest BCUT2D eigenvalue weighted by Crippen LogP contribution is -2.50. The maximum atomic E-state index is 12.8. The highest BCUT2D eigenvalue weighted by atomic mass is 16.6. The number of carbonyl (C=O) groups excluding carboxylic acids is 2. The number of anilines is 3. The number of aromatic nitrogens is 1. The number of piperazine rings is 1. The number of hydrogen-bond donors (Lipinski definition) is 2. The van der Waals surface area contributed by atoms with Gasteiger partial charge in [0.2, 0.25) is 0 Å². The zero-order chi connectivity index (χ0) is 25.4. The Bertz CT molecular complexity index is 1300. The molecule has 1 saturated heterocycles. The summed E-state index contributed by atoms with van der Waals surface area (Å²) >= 11 is 0. The third-order valence-electron chi connectivity index (χ3n) is 6.62. The molecule has 8 heteroatoms. The van der Waals surface area contributed by atoms with Crippen molar-refractivity contribution in [2.45, 2.75) is 45.1 Å². The van der Waals surface area contributed by atoms with Gasteiger partial charge in [-0.25, -0.2) is 4.79 Å². The van der Waals surface area contributed by atoms with Crippen molar-refractivity contribution in [1.82, 2.24) is 9.88 Å². The van der Waals surface area contributed by atoms with Crippen LogP contribution in [0.4, 0.5) is 21.9 Å². The van der Waals surface area contributed by atoms with Crippen LogP contribution in [0.1, 0.15) is 55.6 Å². The lowest BCUT2D eigenvalue weighted by molar-refractivity contribution is 0.0240. The minimum Gasteiger partial charge on any atom is -0.444 e. The lowest BCUT2D eigenvalue weighted by atomic mass is 9.98. The Balaban J connectivity index is 1.36. The first kappa shape index (κ1) is 23.9. The van der Waals surface area contributed by atoms with Crippen LogP contribution in [0.3, 0.4) is 0 Å². The number of para-hydroxylation sites is 2. The molecule has 1 aromatic heterocycles. The van der Waals surface area contributed by atoms with Crippen molar-refractivity contribution in [2.75, 3.05) is 42.1 Å². The highest BCUT2D eigenvalue weighted by Crippen LogP contribution is 2.47. The molecule has 2 heterocycles. The van der Waals surface area contributed by atoms with E-state index in [-0.39, 0.29) is 12.0 Å². The Hall–Kier alpha value is -3.81. The fraction of sp³-hybridized carbons (Fsp3) is 0.393. The fourth-order valence-electron chi connectivity index (χ4n) is 4.68. The van der Waals surface area contributed by atoms with Crippen LogP contribution in [0.5, 0.6) is 0 Å². The van der Waals surface area contributed by atoms with Gasteiger partial charge in [-0.05, 0) is 74.7 Å². The second-order valence-corrected chi connectivity index (χ2v) is 10.6. The molecule has 5 rings (SSSR count). The molecule has 2 aliphatic rings. The number of nitrogens with zero attached hydrogens (tertiary/aromatic N) is 3. The van der Waals surface area contributed by atoms with Gasteiger partial charge in [-0.3, -0.25) is 9.78 Å². The summed E-state index contributed by atoms with van der Waals surface area (Å²) in [6.45, 7) is 8.40. The second-order valence-electron chi connectivity index (χ2n) is 10.6. The second kappa shape index (κ2) is 9.33. The number of pyridine rings is 1. The minimum absolute atomic E-state index is 0.254. The number of amides is 2. The Morgan fingerprint density at radius 3 is 2.44 bits per heavy atom. The molecular formula is C28H33N5O3. The van der Waals surface area contributed by atoms with Crippen LogP contribution in [0.2, 0.25) is 0 Å². The lowest BCUT2D eigenvalue weighted by Gasteiger charge is -2.37. The van der Waals surface area contributed by atoms with Crippen LogP contribution < -0.4 is 16.0 Å². The van der Waals surface area contributed by atoms with Crippen molar-refractivity contribution >= 4 is 39.8 Å². The summed E-state index contributed by atoms with van der Waals surface area (Å²) in [5.74, 6) is 0.211. The smallest absolute Gasteiger partial charge is 0.410 e. The van der Waals surface area contributed by atoms with Gasteiger partial charge in [0.25, 0.3) is 5.91 Å². The molecule has 188 valence electrons. The van der Waals surface area contributed by atoms with Crippen molar-refractivity contribution in [3.8, 4) is 0 Å². The number of hydrogen-bond acceptors (Lipinski definition) is 6. The molecule has 1 aliphatic heterocycles. The molecule has 1 saturated carbocycles. The van der Waals surface area contributed by atoms with E-state index in [1.54, 1.807) is 17.0 Å². The van der Waals surface area contributed by atoms with E-state index in [1.165, 1.54) is 11.3 Å². The van der Waals surface area contributed by atoms with Gasteiger partial charge in [-0.1, -0.05) is 18.2 Å². The predicted octanol–water partition coefficient (Wildman–Crippen LogP) is 5.00. The molecule has 0 atom stereocenters. The molecule has 0 spiro atoms. The zero-order valence-electron chi connectivity index (χ0n) is 21.1. The molecule has 3 aromatic rings. The predicted molar refractivity (Wildman–Crippen MR) is 143 cm³/mol. The number of ether oxygens (including phenoxy) is 1. The quantitative estimate of drug-likeness (QED) is 0.502. The normalized spacial score (nSPS) is 16.2. The number of carbonyl (C=O) groups is 2. The minimum atomic E-state index is -0.498. The Morgan fingerprint density at radius 2 is 1.78 bits per heavy atom. The van der Waals surface area contributed by atoms with Crippen LogP contribution in [0, 0.1) is 0 Å². The fourth-order valence-corrected chi connectivity index (χ4v) is 4.68. The van der Waals surface area contributed by atoms with Crippen LogP contribution in [-0.2, 0) is 4.74 Å². The molecule has 0 radical (unpaired) electrons. The molecule has 2 fully saturated rings. The SMILES string of the molecule is CC(C)(C)OC(=O)N1CCN(c2ccc3cc(C(=O)Nc4ccccc4N)ncc3c2C2CC2)CC1. The van der Waals surface area contributed by atoms with E-state index in [9.17, 15) is 9.59 Å². The number of nitrogens with two attached hydrogens (primary N) is 1. The largest absolute Gasteiger partial charge is 0.444 e. The van der Waals surface area contributed by atoms with E-state index in [0.717, 1.165) is 36.7 Å². The number of rotatable bonds is 4. The topological polar surface area (TPSA) is 101 Å².